The molecule has 0 saturated carbocycles. The van der Waals surface area contributed by atoms with Gasteiger partial charge in [-0.2, -0.15) is 5.26 Å². The van der Waals surface area contributed by atoms with Crippen LogP contribution in [0.5, 0.6) is 0 Å². The standard InChI is InChI=1S/C12H10BrN3O2/c1-7-12(18)15-11(17)6-16(7)10-3-8(5-14)2-9(13)4-10/h2-4,7H,6H2,1H3,(H,15,17,18). The fourth-order valence-corrected chi connectivity index (χ4v) is 2.32. The smallest absolute Gasteiger partial charge is 0.249 e. The molecule has 2 rings (SSSR count). The first-order chi connectivity index (χ1) is 8.51. The molecule has 5 nitrogen and oxygen atoms in total. The predicted octanol–water partition coefficient (Wildman–Crippen LogP) is 1.17. The third-order valence-electron chi connectivity index (χ3n) is 2.77. The van der Waals surface area contributed by atoms with Gasteiger partial charge in [0.15, 0.2) is 0 Å². The third-order valence-corrected chi connectivity index (χ3v) is 3.22. The molecule has 1 aromatic carbocycles. The maximum atomic E-state index is 11.6. The summed E-state index contributed by atoms with van der Waals surface area (Å²) in [4.78, 5) is 24.6. The van der Waals surface area contributed by atoms with E-state index in [1.54, 1.807) is 30.0 Å². The normalized spacial score (nSPS) is 19.4. The molecular formula is C12H10BrN3O2. The number of piperazine rings is 1. The molecule has 1 saturated heterocycles. The van der Waals surface area contributed by atoms with Crippen LogP contribution >= 0.6 is 15.9 Å². The van der Waals surface area contributed by atoms with Crippen LogP contribution in [-0.2, 0) is 9.59 Å². The summed E-state index contributed by atoms with van der Waals surface area (Å²) in [5.74, 6) is -0.665. The minimum atomic E-state index is -0.441. The minimum absolute atomic E-state index is 0.105. The molecule has 0 aliphatic carbocycles. The molecule has 1 atom stereocenters. The van der Waals surface area contributed by atoms with Gasteiger partial charge < -0.3 is 4.90 Å². The maximum absolute atomic E-state index is 11.6. The molecule has 0 bridgehead atoms. The van der Waals surface area contributed by atoms with Crippen molar-refractivity contribution in [1.82, 2.24) is 5.32 Å². The highest BCUT2D eigenvalue weighted by atomic mass is 79.9. The van der Waals surface area contributed by atoms with Crippen LogP contribution in [0.25, 0.3) is 0 Å². The zero-order valence-corrected chi connectivity index (χ0v) is 11.2. The summed E-state index contributed by atoms with van der Waals surface area (Å²) in [6.45, 7) is 1.82. The van der Waals surface area contributed by atoms with E-state index in [0.717, 1.165) is 4.47 Å². The topological polar surface area (TPSA) is 73.2 Å². The molecule has 0 spiro atoms. The Kier molecular flexibility index (Phi) is 3.34. The van der Waals surface area contributed by atoms with E-state index in [-0.39, 0.29) is 18.4 Å². The molecule has 2 amide bonds. The number of amides is 2. The van der Waals surface area contributed by atoms with Crippen LogP contribution in [0.2, 0.25) is 0 Å². The van der Waals surface area contributed by atoms with E-state index in [9.17, 15) is 9.59 Å². The number of nitrogens with zero attached hydrogens (tertiary/aromatic N) is 2. The number of rotatable bonds is 1. The highest BCUT2D eigenvalue weighted by Gasteiger charge is 2.30. The van der Waals surface area contributed by atoms with Crippen molar-refractivity contribution in [2.24, 2.45) is 0 Å². The number of anilines is 1. The lowest BCUT2D eigenvalue weighted by atomic mass is 10.1. The number of benzene rings is 1. The van der Waals surface area contributed by atoms with Crippen molar-refractivity contribution >= 4 is 33.4 Å². The number of hydrogen-bond acceptors (Lipinski definition) is 4. The summed E-state index contributed by atoms with van der Waals surface area (Å²) in [5.41, 5.74) is 1.15. The molecule has 0 radical (unpaired) electrons. The second-order valence-electron chi connectivity index (χ2n) is 4.03. The van der Waals surface area contributed by atoms with Gasteiger partial charge in [0.25, 0.3) is 0 Å². The van der Waals surface area contributed by atoms with Gasteiger partial charge in [0.1, 0.15) is 6.04 Å². The average Bonchev–Trinajstić information content (AvgIpc) is 2.32. The second kappa shape index (κ2) is 4.78. The SMILES string of the molecule is CC1C(=O)NC(=O)CN1c1cc(Br)cc(C#N)c1. The van der Waals surface area contributed by atoms with Gasteiger partial charge in [-0.05, 0) is 25.1 Å². The zero-order chi connectivity index (χ0) is 13.3. The lowest BCUT2D eigenvalue weighted by Gasteiger charge is -2.33. The number of nitriles is 1. The highest BCUT2D eigenvalue weighted by molar-refractivity contribution is 9.10. The van der Waals surface area contributed by atoms with Gasteiger partial charge in [0.2, 0.25) is 11.8 Å². The van der Waals surface area contributed by atoms with E-state index < -0.39 is 6.04 Å². The van der Waals surface area contributed by atoms with Crippen molar-refractivity contribution in [2.75, 3.05) is 11.4 Å². The summed E-state index contributed by atoms with van der Waals surface area (Å²) in [6.07, 6.45) is 0. The van der Waals surface area contributed by atoms with Gasteiger partial charge in [-0.1, -0.05) is 15.9 Å². The van der Waals surface area contributed by atoms with Crippen molar-refractivity contribution < 1.29 is 9.59 Å². The van der Waals surface area contributed by atoms with Gasteiger partial charge >= 0.3 is 0 Å². The molecule has 1 N–H and O–H groups in total. The van der Waals surface area contributed by atoms with E-state index >= 15 is 0 Å². The Labute approximate surface area is 113 Å². The second-order valence-corrected chi connectivity index (χ2v) is 4.94. The Balaban J connectivity index is 2.41. The molecule has 1 unspecified atom stereocenters. The van der Waals surface area contributed by atoms with Gasteiger partial charge in [-0.15, -0.1) is 0 Å². The largest absolute Gasteiger partial charge is 0.350 e. The Morgan fingerprint density at radius 1 is 1.44 bits per heavy atom. The Morgan fingerprint density at radius 2 is 2.17 bits per heavy atom. The number of hydrogen-bond donors (Lipinski definition) is 1. The van der Waals surface area contributed by atoms with Gasteiger partial charge in [-0.3, -0.25) is 14.9 Å². The van der Waals surface area contributed by atoms with Crippen molar-refractivity contribution in [3.8, 4) is 6.07 Å². The summed E-state index contributed by atoms with van der Waals surface area (Å²) in [7, 11) is 0. The van der Waals surface area contributed by atoms with Gasteiger partial charge in [-0.25, -0.2) is 0 Å². The van der Waals surface area contributed by atoms with Gasteiger partial charge in [0, 0.05) is 10.2 Å². The maximum Gasteiger partial charge on any atom is 0.249 e. The van der Waals surface area contributed by atoms with E-state index in [4.69, 9.17) is 5.26 Å². The molecule has 0 aromatic heterocycles. The highest BCUT2D eigenvalue weighted by Crippen LogP contribution is 2.25. The average molecular weight is 308 g/mol. The van der Waals surface area contributed by atoms with E-state index in [2.05, 4.69) is 21.2 Å². The summed E-state index contributed by atoms with van der Waals surface area (Å²) in [5, 5.41) is 11.2. The van der Waals surface area contributed by atoms with Crippen molar-refractivity contribution in [1.29, 1.82) is 5.26 Å². The van der Waals surface area contributed by atoms with Crippen LogP contribution in [0.1, 0.15) is 12.5 Å². The summed E-state index contributed by atoms with van der Waals surface area (Å²) in [6, 6.07) is 6.72. The Bertz CT molecular complexity index is 565. The zero-order valence-electron chi connectivity index (χ0n) is 9.61. The molecule has 1 heterocycles. The van der Waals surface area contributed by atoms with Crippen molar-refractivity contribution in [3.63, 3.8) is 0 Å². The molecule has 6 heteroatoms. The van der Waals surface area contributed by atoms with Crippen LogP contribution in [0, 0.1) is 11.3 Å². The number of carbonyl (C=O) groups excluding carboxylic acids is 2. The molecule has 1 aliphatic rings. The molecule has 1 aliphatic heterocycles. The van der Waals surface area contributed by atoms with Crippen LogP contribution in [0.4, 0.5) is 5.69 Å². The predicted molar refractivity (Wildman–Crippen MR) is 68.8 cm³/mol. The monoisotopic (exact) mass is 307 g/mol. The molecule has 18 heavy (non-hydrogen) atoms. The number of carbonyl (C=O) groups is 2. The first-order valence-electron chi connectivity index (χ1n) is 5.32. The number of nitrogens with one attached hydrogen (secondary N) is 1. The van der Waals surface area contributed by atoms with E-state index in [1.807, 2.05) is 6.07 Å². The van der Waals surface area contributed by atoms with Crippen LogP contribution in [0.3, 0.4) is 0 Å². The van der Waals surface area contributed by atoms with E-state index in [1.165, 1.54) is 0 Å². The molecule has 92 valence electrons. The fourth-order valence-electron chi connectivity index (χ4n) is 1.83. The number of imide groups is 1. The first kappa shape index (κ1) is 12.6. The Hall–Kier alpha value is -1.87. The fraction of sp³-hybridized carbons (Fsp3) is 0.250. The van der Waals surface area contributed by atoms with E-state index in [0.29, 0.717) is 11.3 Å². The van der Waals surface area contributed by atoms with Crippen molar-refractivity contribution in [3.05, 3.63) is 28.2 Å². The summed E-state index contributed by atoms with van der Waals surface area (Å²) < 4.78 is 0.738. The quantitative estimate of drug-likeness (QED) is 0.791. The third kappa shape index (κ3) is 2.36. The van der Waals surface area contributed by atoms with Crippen LogP contribution < -0.4 is 10.2 Å². The van der Waals surface area contributed by atoms with Crippen molar-refractivity contribution in [2.45, 2.75) is 13.0 Å². The lowest BCUT2D eigenvalue weighted by molar-refractivity contribution is -0.132. The van der Waals surface area contributed by atoms with Crippen LogP contribution in [-0.4, -0.2) is 24.4 Å². The van der Waals surface area contributed by atoms with Crippen LogP contribution in [0.15, 0.2) is 22.7 Å². The minimum Gasteiger partial charge on any atom is -0.350 e. The Morgan fingerprint density at radius 3 is 2.83 bits per heavy atom. The first-order valence-corrected chi connectivity index (χ1v) is 6.11. The molecule has 1 fully saturated rings. The number of halogens is 1. The lowest BCUT2D eigenvalue weighted by Crippen LogP contribution is -2.57. The molecular weight excluding hydrogens is 298 g/mol. The van der Waals surface area contributed by atoms with Gasteiger partial charge in [0.05, 0.1) is 18.2 Å². The molecule has 1 aromatic rings. The summed E-state index contributed by atoms with van der Waals surface area (Å²) >= 11 is 3.31.